The third kappa shape index (κ3) is 6.03. The van der Waals surface area contributed by atoms with E-state index in [9.17, 15) is 18.4 Å². The van der Waals surface area contributed by atoms with Crippen LogP contribution in [0.5, 0.6) is 5.75 Å². The number of rotatable bonds is 9. The van der Waals surface area contributed by atoms with E-state index >= 15 is 0 Å². The molecule has 1 saturated carbocycles. The number of quaternary nitrogens is 1. The van der Waals surface area contributed by atoms with Gasteiger partial charge in [0, 0.05) is 41.3 Å². The van der Waals surface area contributed by atoms with Crippen molar-refractivity contribution in [2.45, 2.75) is 31.8 Å². The van der Waals surface area contributed by atoms with E-state index in [4.69, 9.17) is 4.74 Å². The molecule has 1 aliphatic carbocycles. The van der Waals surface area contributed by atoms with Crippen LogP contribution in [0.25, 0.3) is 16.9 Å². The summed E-state index contributed by atoms with van der Waals surface area (Å²) in [6.07, 6.45) is 5.99. The standard InChI is InChI=1S/C30H33F2N7O3/c1-17-12-18(6-7-21(17)30(41)37-20-13-19(14-20)35-25(40)16-39(2,3)4)36-28-29-34-15-23(38(29)11-10-33-28)22-8-9-24(42-5)27(32)26(22)31/h6-12,15,19-20H,13-14,16H2,1-5H3,(H2-,33,35,36,37,40,41)/p+1. The van der Waals surface area contributed by atoms with Crippen LogP contribution >= 0.6 is 0 Å². The van der Waals surface area contributed by atoms with Gasteiger partial charge in [-0.2, -0.15) is 4.39 Å². The molecule has 12 heteroatoms. The maximum atomic E-state index is 14.8. The third-order valence-electron chi connectivity index (χ3n) is 7.16. The number of halogens is 2. The Kier molecular flexibility index (Phi) is 7.83. The molecule has 1 fully saturated rings. The molecule has 3 N–H and O–H groups in total. The van der Waals surface area contributed by atoms with E-state index in [0.29, 0.717) is 52.3 Å². The van der Waals surface area contributed by atoms with Gasteiger partial charge in [-0.1, -0.05) is 0 Å². The lowest BCUT2D eigenvalue weighted by Gasteiger charge is -2.37. The summed E-state index contributed by atoms with van der Waals surface area (Å²) >= 11 is 0. The average Bonchev–Trinajstić information content (AvgIpc) is 3.33. The molecule has 10 nitrogen and oxygen atoms in total. The zero-order chi connectivity index (χ0) is 30.2. The Morgan fingerprint density at radius 1 is 1.05 bits per heavy atom. The molecule has 2 aromatic heterocycles. The first-order valence-electron chi connectivity index (χ1n) is 13.6. The number of hydrogen-bond acceptors (Lipinski definition) is 6. The molecule has 2 heterocycles. The molecule has 0 bridgehead atoms. The number of aromatic nitrogens is 3. The third-order valence-corrected chi connectivity index (χ3v) is 7.16. The number of ether oxygens (including phenoxy) is 1. The number of amides is 2. The van der Waals surface area contributed by atoms with Gasteiger partial charge in [0.25, 0.3) is 11.8 Å². The van der Waals surface area contributed by atoms with E-state index in [1.807, 2.05) is 34.1 Å². The van der Waals surface area contributed by atoms with Crippen LogP contribution in [-0.2, 0) is 4.79 Å². The fraction of sp³-hybridized carbons (Fsp3) is 0.333. The molecule has 42 heavy (non-hydrogen) atoms. The number of likely N-dealkylation sites (N-methyl/N-ethyl adjacent to an activating group) is 1. The van der Waals surface area contributed by atoms with Gasteiger partial charge in [0.2, 0.25) is 5.82 Å². The van der Waals surface area contributed by atoms with E-state index < -0.39 is 11.6 Å². The molecule has 4 aromatic rings. The Morgan fingerprint density at radius 2 is 1.79 bits per heavy atom. The van der Waals surface area contributed by atoms with Gasteiger partial charge < -0.3 is 25.2 Å². The Balaban J connectivity index is 1.25. The minimum absolute atomic E-state index is 0.00424. The first-order valence-corrected chi connectivity index (χ1v) is 13.6. The fourth-order valence-electron chi connectivity index (χ4n) is 5.05. The van der Waals surface area contributed by atoms with Crippen LogP contribution < -0.4 is 20.7 Å². The fourth-order valence-corrected chi connectivity index (χ4v) is 5.05. The molecule has 0 spiro atoms. The van der Waals surface area contributed by atoms with Gasteiger partial charge in [0.05, 0.1) is 40.1 Å². The van der Waals surface area contributed by atoms with Gasteiger partial charge in [0.15, 0.2) is 29.6 Å². The van der Waals surface area contributed by atoms with Crippen molar-refractivity contribution in [3.8, 4) is 17.0 Å². The molecular weight excluding hydrogens is 544 g/mol. The minimum atomic E-state index is -1.07. The lowest BCUT2D eigenvalue weighted by Crippen LogP contribution is -2.56. The number of hydrogen-bond donors (Lipinski definition) is 3. The van der Waals surface area contributed by atoms with Crippen molar-refractivity contribution >= 4 is 29.0 Å². The van der Waals surface area contributed by atoms with Gasteiger partial charge in [-0.15, -0.1) is 0 Å². The highest BCUT2D eigenvalue weighted by Gasteiger charge is 2.32. The summed E-state index contributed by atoms with van der Waals surface area (Å²) in [5.74, 6) is -2.05. The molecule has 0 unspecified atom stereocenters. The number of fused-ring (bicyclic) bond motifs is 1. The van der Waals surface area contributed by atoms with Crippen molar-refractivity contribution in [2.75, 3.05) is 40.1 Å². The average molecular weight is 579 g/mol. The predicted molar refractivity (Wildman–Crippen MR) is 155 cm³/mol. The zero-order valence-corrected chi connectivity index (χ0v) is 24.2. The molecule has 5 rings (SSSR count). The molecule has 0 radical (unpaired) electrons. The quantitative estimate of drug-likeness (QED) is 0.261. The number of nitrogens with zero attached hydrogens (tertiary/aromatic N) is 4. The van der Waals surface area contributed by atoms with Crippen molar-refractivity contribution in [1.82, 2.24) is 25.0 Å². The molecule has 0 atom stereocenters. The number of carbonyl (C=O) groups is 2. The molecule has 0 aliphatic heterocycles. The zero-order valence-electron chi connectivity index (χ0n) is 24.2. The summed E-state index contributed by atoms with van der Waals surface area (Å²) < 4.78 is 36.2. The monoisotopic (exact) mass is 578 g/mol. The summed E-state index contributed by atoms with van der Waals surface area (Å²) in [7, 11) is 7.17. The minimum Gasteiger partial charge on any atom is -0.494 e. The molecule has 2 amide bonds. The topological polar surface area (TPSA) is 110 Å². The molecule has 220 valence electrons. The second-order valence-corrected chi connectivity index (χ2v) is 11.6. The first-order chi connectivity index (χ1) is 19.9. The number of methoxy groups -OCH3 is 1. The predicted octanol–water partition coefficient (Wildman–Crippen LogP) is 3.82. The van der Waals surface area contributed by atoms with Gasteiger partial charge in [0.1, 0.15) is 0 Å². The van der Waals surface area contributed by atoms with Gasteiger partial charge in [-0.25, -0.2) is 14.4 Å². The highest BCUT2D eigenvalue weighted by atomic mass is 19.2. The normalized spacial score (nSPS) is 16.5. The second-order valence-electron chi connectivity index (χ2n) is 11.6. The van der Waals surface area contributed by atoms with E-state index in [2.05, 4.69) is 25.9 Å². The molecule has 1 aliphatic rings. The number of carbonyl (C=O) groups excluding carboxylic acids is 2. The van der Waals surface area contributed by atoms with E-state index in [0.717, 1.165) is 5.56 Å². The number of imidazole rings is 1. The summed E-state index contributed by atoms with van der Waals surface area (Å²) in [5.41, 5.74) is 2.79. The van der Waals surface area contributed by atoms with Crippen molar-refractivity contribution in [1.29, 1.82) is 0 Å². The Bertz CT molecular complexity index is 1660. The van der Waals surface area contributed by atoms with Crippen molar-refractivity contribution in [2.24, 2.45) is 0 Å². The van der Waals surface area contributed by atoms with Crippen molar-refractivity contribution in [3.63, 3.8) is 0 Å². The molecular formula is C30H34F2N7O3+. The SMILES string of the molecule is COc1ccc(-c2cnc3c(Nc4ccc(C(=O)NC5CC(NC(=O)C[N+](C)(C)C)C5)c(C)c4)nccn23)c(F)c1F. The van der Waals surface area contributed by atoms with Crippen LogP contribution in [0.4, 0.5) is 20.3 Å². The van der Waals surface area contributed by atoms with E-state index in [1.54, 1.807) is 22.7 Å². The van der Waals surface area contributed by atoms with Crippen molar-refractivity contribution < 1.29 is 27.6 Å². The van der Waals surface area contributed by atoms with Crippen LogP contribution in [-0.4, -0.2) is 77.5 Å². The van der Waals surface area contributed by atoms with Gasteiger partial charge in [-0.05, 0) is 55.7 Å². The van der Waals surface area contributed by atoms with Crippen LogP contribution in [0, 0.1) is 18.6 Å². The first kappa shape index (κ1) is 28.9. The number of nitrogens with one attached hydrogen (secondary N) is 3. The largest absolute Gasteiger partial charge is 0.494 e. The van der Waals surface area contributed by atoms with Crippen LogP contribution in [0.1, 0.15) is 28.8 Å². The number of benzene rings is 2. The Morgan fingerprint density at radius 3 is 2.48 bits per heavy atom. The van der Waals surface area contributed by atoms with E-state index in [1.165, 1.54) is 31.6 Å². The van der Waals surface area contributed by atoms with Gasteiger partial charge in [-0.3, -0.25) is 14.0 Å². The summed E-state index contributed by atoms with van der Waals surface area (Å²) in [6, 6.07) is 8.21. The van der Waals surface area contributed by atoms with Crippen LogP contribution in [0.15, 0.2) is 48.9 Å². The summed E-state index contributed by atoms with van der Waals surface area (Å²) in [6.45, 7) is 2.25. The highest BCUT2D eigenvalue weighted by molar-refractivity contribution is 5.96. The molecule has 2 aromatic carbocycles. The lowest BCUT2D eigenvalue weighted by atomic mass is 9.86. The highest BCUT2D eigenvalue weighted by Crippen LogP contribution is 2.31. The summed E-state index contributed by atoms with van der Waals surface area (Å²) in [5, 5.41) is 9.28. The number of aryl methyl sites for hydroxylation is 1. The second kappa shape index (κ2) is 11.4. The Labute approximate surface area is 242 Å². The van der Waals surface area contributed by atoms with E-state index in [-0.39, 0.29) is 35.2 Å². The molecule has 0 saturated heterocycles. The van der Waals surface area contributed by atoms with Crippen LogP contribution in [0.3, 0.4) is 0 Å². The van der Waals surface area contributed by atoms with Crippen molar-refractivity contribution in [3.05, 3.63) is 71.7 Å². The van der Waals surface area contributed by atoms with Crippen LogP contribution in [0.2, 0.25) is 0 Å². The smallest absolute Gasteiger partial charge is 0.275 e. The lowest BCUT2D eigenvalue weighted by molar-refractivity contribution is -0.862. The maximum absolute atomic E-state index is 14.8. The number of anilines is 2. The van der Waals surface area contributed by atoms with Gasteiger partial charge >= 0.3 is 0 Å². The summed E-state index contributed by atoms with van der Waals surface area (Å²) in [4.78, 5) is 33.9. The maximum Gasteiger partial charge on any atom is 0.275 e. The Hall–Kier alpha value is -4.58.